The van der Waals surface area contributed by atoms with E-state index in [9.17, 15) is 10.5 Å². The Kier molecular flexibility index (Phi) is 7.43. The highest BCUT2D eigenvalue weighted by Gasteiger charge is 2.32. The van der Waals surface area contributed by atoms with Gasteiger partial charge in [-0.05, 0) is 40.5 Å². The third-order valence-corrected chi connectivity index (χ3v) is 3.71. The Hall–Kier alpha value is -1.42. The van der Waals surface area contributed by atoms with Crippen molar-refractivity contribution in [2.45, 2.75) is 79.3 Å². The van der Waals surface area contributed by atoms with E-state index in [1.807, 2.05) is 27.7 Å². The molecular formula is C16H28N4. The molecule has 2 atom stereocenters. The third kappa shape index (κ3) is 5.29. The Morgan fingerprint density at radius 2 is 1.10 bits per heavy atom. The van der Waals surface area contributed by atoms with Crippen molar-refractivity contribution >= 4 is 0 Å². The van der Waals surface area contributed by atoms with Crippen LogP contribution in [0.3, 0.4) is 0 Å². The molecule has 0 aliphatic carbocycles. The Morgan fingerprint density at radius 3 is 1.30 bits per heavy atom. The van der Waals surface area contributed by atoms with Gasteiger partial charge in [-0.15, -0.1) is 0 Å². The topological polar surface area (TPSA) is 72.3 Å². The smallest absolute Gasteiger partial charge is 0.0888 e. The Morgan fingerprint density at radius 1 is 0.800 bits per heavy atom. The Bertz CT molecular complexity index is 358. The molecule has 4 heteroatoms. The van der Waals surface area contributed by atoms with E-state index in [4.69, 9.17) is 0 Å². The Labute approximate surface area is 123 Å². The van der Waals surface area contributed by atoms with Crippen molar-refractivity contribution in [3.63, 3.8) is 0 Å². The molecular weight excluding hydrogens is 248 g/mol. The van der Waals surface area contributed by atoms with E-state index in [1.165, 1.54) is 0 Å². The summed E-state index contributed by atoms with van der Waals surface area (Å²) in [4.78, 5) is 0. The Balaban J connectivity index is 5.18. The molecule has 2 unspecified atom stereocenters. The molecule has 0 rings (SSSR count). The zero-order valence-electron chi connectivity index (χ0n) is 13.8. The lowest BCUT2D eigenvalue weighted by atomic mass is 9.83. The van der Waals surface area contributed by atoms with Gasteiger partial charge in [-0.2, -0.15) is 20.8 Å². The van der Waals surface area contributed by atoms with E-state index in [0.717, 1.165) is 25.7 Å². The van der Waals surface area contributed by atoms with Gasteiger partial charge in [-0.1, -0.05) is 26.7 Å². The summed E-state index contributed by atoms with van der Waals surface area (Å²) in [6, 6.07) is 4.42. The number of rotatable bonds is 8. The van der Waals surface area contributed by atoms with Gasteiger partial charge in [0, 0.05) is 0 Å². The van der Waals surface area contributed by atoms with Gasteiger partial charge in [0.1, 0.15) is 0 Å². The van der Waals surface area contributed by atoms with Crippen LogP contribution in [0.5, 0.6) is 0 Å². The first-order chi connectivity index (χ1) is 9.25. The molecule has 0 aliphatic rings. The SMILES string of the molecule is CCCC(N=NC(CCC)C(C)(C)C#N)C(C)(C)C#N. The van der Waals surface area contributed by atoms with Crippen LogP contribution in [-0.4, -0.2) is 12.1 Å². The van der Waals surface area contributed by atoms with Gasteiger partial charge in [-0.25, -0.2) is 0 Å². The molecule has 0 aromatic rings. The van der Waals surface area contributed by atoms with E-state index >= 15 is 0 Å². The highest BCUT2D eigenvalue weighted by atomic mass is 15.2. The summed E-state index contributed by atoms with van der Waals surface area (Å²) in [5.74, 6) is 0. The molecule has 0 heterocycles. The summed E-state index contributed by atoms with van der Waals surface area (Å²) in [5, 5.41) is 27.4. The first kappa shape index (κ1) is 18.6. The second-order valence-electron chi connectivity index (χ2n) is 6.51. The molecule has 0 aromatic carbocycles. The van der Waals surface area contributed by atoms with Crippen LogP contribution in [0.2, 0.25) is 0 Å². The fraction of sp³-hybridized carbons (Fsp3) is 0.875. The highest BCUT2D eigenvalue weighted by Crippen LogP contribution is 2.30. The minimum absolute atomic E-state index is 0.105. The maximum Gasteiger partial charge on any atom is 0.0888 e. The third-order valence-electron chi connectivity index (χ3n) is 3.71. The fourth-order valence-electron chi connectivity index (χ4n) is 1.98. The lowest BCUT2D eigenvalue weighted by Gasteiger charge is -2.26. The molecule has 20 heavy (non-hydrogen) atoms. The van der Waals surface area contributed by atoms with Crippen molar-refractivity contribution in [1.82, 2.24) is 0 Å². The second-order valence-corrected chi connectivity index (χ2v) is 6.51. The van der Waals surface area contributed by atoms with Gasteiger partial charge in [0.2, 0.25) is 0 Å². The lowest BCUT2D eigenvalue weighted by Crippen LogP contribution is -2.29. The van der Waals surface area contributed by atoms with Crippen molar-refractivity contribution in [2.24, 2.45) is 21.1 Å². The van der Waals surface area contributed by atoms with E-state index in [-0.39, 0.29) is 12.1 Å². The maximum absolute atomic E-state index is 9.26. The summed E-state index contributed by atoms with van der Waals surface area (Å²) < 4.78 is 0. The molecule has 0 bridgehead atoms. The first-order valence-electron chi connectivity index (χ1n) is 7.47. The number of hydrogen-bond donors (Lipinski definition) is 0. The predicted octanol–water partition coefficient (Wildman–Crippen LogP) is 4.88. The molecule has 0 N–H and O–H groups in total. The van der Waals surface area contributed by atoms with Crippen molar-refractivity contribution in [3.05, 3.63) is 0 Å². The minimum Gasteiger partial charge on any atom is -0.198 e. The molecule has 0 radical (unpaired) electrons. The predicted molar refractivity (Wildman–Crippen MR) is 81.0 cm³/mol. The van der Waals surface area contributed by atoms with Crippen LogP contribution in [0.4, 0.5) is 0 Å². The van der Waals surface area contributed by atoms with Gasteiger partial charge < -0.3 is 0 Å². The molecule has 0 fully saturated rings. The number of hydrogen-bond acceptors (Lipinski definition) is 4. The molecule has 0 spiro atoms. The average molecular weight is 276 g/mol. The average Bonchev–Trinajstić information content (AvgIpc) is 2.41. The van der Waals surface area contributed by atoms with Crippen LogP contribution in [0.25, 0.3) is 0 Å². The van der Waals surface area contributed by atoms with Gasteiger partial charge in [0.05, 0.1) is 35.1 Å². The lowest BCUT2D eigenvalue weighted by molar-refractivity contribution is 0.311. The van der Waals surface area contributed by atoms with Crippen LogP contribution >= 0.6 is 0 Å². The molecule has 0 saturated heterocycles. The molecule has 0 aliphatic heterocycles. The van der Waals surface area contributed by atoms with Crippen molar-refractivity contribution < 1.29 is 0 Å². The zero-order valence-corrected chi connectivity index (χ0v) is 13.8. The van der Waals surface area contributed by atoms with Crippen molar-refractivity contribution in [2.75, 3.05) is 0 Å². The fourth-order valence-corrected chi connectivity index (χ4v) is 1.98. The van der Waals surface area contributed by atoms with Gasteiger partial charge in [0.25, 0.3) is 0 Å². The van der Waals surface area contributed by atoms with Crippen LogP contribution in [0, 0.1) is 33.5 Å². The van der Waals surface area contributed by atoms with Crippen LogP contribution in [0.1, 0.15) is 67.2 Å². The number of azo groups is 1. The summed E-state index contributed by atoms with van der Waals surface area (Å²) in [7, 11) is 0. The number of nitrogens with zero attached hydrogens (tertiary/aromatic N) is 4. The van der Waals surface area contributed by atoms with E-state index in [2.05, 4.69) is 36.2 Å². The standard InChI is InChI=1S/C16H28N4/c1-7-9-13(15(3,4)11-17)19-20-14(10-8-2)16(5,6)12-18/h13-14H,7-10H2,1-6H3. The molecule has 112 valence electrons. The minimum atomic E-state index is -0.521. The van der Waals surface area contributed by atoms with Gasteiger partial charge in [0.15, 0.2) is 0 Å². The van der Waals surface area contributed by atoms with Crippen molar-refractivity contribution in [1.29, 1.82) is 10.5 Å². The molecule has 0 aromatic heterocycles. The van der Waals surface area contributed by atoms with E-state index < -0.39 is 10.8 Å². The summed E-state index contributed by atoms with van der Waals surface area (Å²) in [5.41, 5.74) is -1.04. The second kappa shape index (κ2) is 8.00. The quantitative estimate of drug-likeness (QED) is 0.593. The molecule has 0 amide bonds. The summed E-state index contributed by atoms with van der Waals surface area (Å²) in [6.07, 6.45) is 3.62. The van der Waals surface area contributed by atoms with Crippen LogP contribution < -0.4 is 0 Å². The highest BCUT2D eigenvalue weighted by molar-refractivity contribution is 5.02. The first-order valence-corrected chi connectivity index (χ1v) is 7.47. The molecule has 0 saturated carbocycles. The van der Waals surface area contributed by atoms with Gasteiger partial charge >= 0.3 is 0 Å². The van der Waals surface area contributed by atoms with Crippen molar-refractivity contribution in [3.8, 4) is 12.1 Å². The van der Waals surface area contributed by atoms with Gasteiger partial charge in [-0.3, -0.25) is 0 Å². The normalized spacial score (nSPS) is 15.6. The van der Waals surface area contributed by atoms with E-state index in [1.54, 1.807) is 0 Å². The largest absolute Gasteiger partial charge is 0.198 e. The van der Waals surface area contributed by atoms with Crippen LogP contribution in [0.15, 0.2) is 10.2 Å². The summed E-state index contributed by atoms with van der Waals surface area (Å²) >= 11 is 0. The van der Waals surface area contributed by atoms with E-state index in [0.29, 0.717) is 0 Å². The zero-order chi connectivity index (χ0) is 15.8. The number of nitriles is 2. The monoisotopic (exact) mass is 276 g/mol. The molecule has 4 nitrogen and oxygen atoms in total. The van der Waals surface area contributed by atoms with Crippen LogP contribution in [-0.2, 0) is 0 Å². The maximum atomic E-state index is 9.26. The summed E-state index contributed by atoms with van der Waals surface area (Å²) in [6.45, 7) is 11.8.